The molecule has 1 aliphatic heterocycles. The third-order valence-corrected chi connectivity index (χ3v) is 5.87. The molecule has 8 heteroatoms. The molecule has 0 fully saturated rings. The monoisotopic (exact) mass is 506 g/mol. The van der Waals surface area contributed by atoms with Gasteiger partial charge in [-0.1, -0.05) is 42.5 Å². The van der Waals surface area contributed by atoms with Gasteiger partial charge in [0.25, 0.3) is 5.91 Å². The quantitative estimate of drug-likeness (QED) is 0.371. The number of hydrogen-bond donors (Lipinski definition) is 2. The van der Waals surface area contributed by atoms with Gasteiger partial charge in [0, 0.05) is 37.1 Å². The average Bonchev–Trinajstić information content (AvgIpc) is 3.36. The van der Waals surface area contributed by atoms with Gasteiger partial charge in [0.1, 0.15) is 24.0 Å². The van der Waals surface area contributed by atoms with Crippen molar-refractivity contribution in [3.05, 3.63) is 107 Å². The zero-order valence-electron chi connectivity index (χ0n) is 20.2. The smallest absolute Gasteiger partial charge is 0.252 e. The van der Waals surface area contributed by atoms with Crippen molar-refractivity contribution in [3.8, 4) is 5.75 Å². The van der Waals surface area contributed by atoms with E-state index in [4.69, 9.17) is 14.6 Å². The molecule has 3 aromatic carbocycles. The molecular formula is C29H28F2N2O4. The van der Waals surface area contributed by atoms with Crippen LogP contribution in [0, 0.1) is 11.6 Å². The molecule has 0 radical (unpaired) electrons. The topological polar surface area (TPSA) is 80.2 Å². The van der Waals surface area contributed by atoms with E-state index < -0.39 is 23.1 Å². The van der Waals surface area contributed by atoms with E-state index in [1.165, 1.54) is 0 Å². The lowest BCUT2D eigenvalue weighted by molar-refractivity contribution is -0.126. The number of aliphatic hydroxyl groups is 1. The molecule has 1 amide bonds. The highest BCUT2D eigenvalue weighted by Gasteiger charge is 2.43. The molecule has 0 saturated carbocycles. The van der Waals surface area contributed by atoms with Gasteiger partial charge in [-0.3, -0.25) is 4.79 Å². The number of aliphatic imine (C=N–C) groups is 1. The van der Waals surface area contributed by atoms with Crippen LogP contribution in [0.25, 0.3) is 6.08 Å². The Morgan fingerprint density at radius 3 is 2.65 bits per heavy atom. The highest BCUT2D eigenvalue weighted by Crippen LogP contribution is 2.28. The Kier molecular flexibility index (Phi) is 8.64. The number of halogens is 2. The molecule has 3 aromatic rings. The first-order valence-corrected chi connectivity index (χ1v) is 12.0. The lowest BCUT2D eigenvalue weighted by Crippen LogP contribution is -2.46. The first kappa shape index (κ1) is 26.0. The van der Waals surface area contributed by atoms with Gasteiger partial charge in [0.15, 0.2) is 5.54 Å². The highest BCUT2D eigenvalue weighted by atomic mass is 19.1. The predicted octanol–water partition coefficient (Wildman–Crippen LogP) is 4.66. The van der Waals surface area contributed by atoms with E-state index in [2.05, 4.69) is 10.3 Å². The van der Waals surface area contributed by atoms with Gasteiger partial charge in [0.05, 0.1) is 6.61 Å². The Morgan fingerprint density at radius 1 is 1.11 bits per heavy atom. The van der Waals surface area contributed by atoms with E-state index in [0.717, 1.165) is 23.8 Å². The molecule has 0 saturated heterocycles. The Labute approximate surface area is 214 Å². The second kappa shape index (κ2) is 12.3. The van der Waals surface area contributed by atoms with E-state index in [9.17, 15) is 13.6 Å². The summed E-state index contributed by atoms with van der Waals surface area (Å²) in [6.07, 6.45) is 4.52. The number of hydrogen-bond acceptors (Lipinski definition) is 5. The van der Waals surface area contributed by atoms with E-state index in [1.54, 1.807) is 24.3 Å². The largest absolute Gasteiger partial charge is 0.494 e. The van der Waals surface area contributed by atoms with E-state index in [0.29, 0.717) is 30.2 Å². The van der Waals surface area contributed by atoms with Gasteiger partial charge in [-0.05, 0) is 48.0 Å². The molecule has 1 aliphatic rings. The van der Waals surface area contributed by atoms with Crippen molar-refractivity contribution in [2.24, 2.45) is 4.99 Å². The van der Waals surface area contributed by atoms with Crippen LogP contribution in [0.3, 0.4) is 0 Å². The Bertz CT molecular complexity index is 1260. The standard InChI is InChI=1S/C29H28F2N2O4/c30-24-11-14-26(31)23(18-24)19-32-28(35)29(15-4-8-21-6-2-1-3-7-21)20-37-27(33-29)22-9-12-25(13-10-22)36-17-5-16-34/h1-4,6-14,18,34H,5,15-17,19-20H2,(H,32,35)/b8-4+/t29-/m1/s1. The fraction of sp³-hybridized carbons (Fsp3) is 0.241. The van der Waals surface area contributed by atoms with Gasteiger partial charge in [0.2, 0.25) is 5.90 Å². The van der Waals surface area contributed by atoms with Gasteiger partial charge in [-0.15, -0.1) is 0 Å². The Morgan fingerprint density at radius 2 is 1.89 bits per heavy atom. The summed E-state index contributed by atoms with van der Waals surface area (Å²) in [5.41, 5.74) is 0.413. The first-order valence-electron chi connectivity index (χ1n) is 12.0. The maximum atomic E-state index is 14.1. The normalized spacial score (nSPS) is 16.9. The summed E-state index contributed by atoms with van der Waals surface area (Å²) in [5.74, 6) is -0.690. The van der Waals surface area contributed by atoms with E-state index in [-0.39, 0.29) is 31.7 Å². The molecule has 37 heavy (non-hydrogen) atoms. The molecule has 0 unspecified atom stereocenters. The van der Waals surface area contributed by atoms with Crippen molar-refractivity contribution in [3.63, 3.8) is 0 Å². The van der Waals surface area contributed by atoms with Crippen LogP contribution in [0.4, 0.5) is 8.78 Å². The van der Waals surface area contributed by atoms with Crippen LogP contribution >= 0.6 is 0 Å². The summed E-state index contributed by atoms with van der Waals surface area (Å²) in [4.78, 5) is 18.0. The lowest BCUT2D eigenvalue weighted by atomic mass is 9.95. The van der Waals surface area contributed by atoms with Crippen LogP contribution in [0.1, 0.15) is 29.5 Å². The number of benzene rings is 3. The van der Waals surface area contributed by atoms with E-state index >= 15 is 0 Å². The fourth-order valence-electron chi connectivity index (χ4n) is 3.83. The first-order chi connectivity index (χ1) is 18.0. The molecule has 0 aromatic heterocycles. The third kappa shape index (κ3) is 6.80. The molecule has 4 rings (SSSR count). The van der Waals surface area contributed by atoms with Crippen molar-refractivity contribution in [2.45, 2.75) is 24.9 Å². The van der Waals surface area contributed by atoms with Crippen LogP contribution < -0.4 is 10.1 Å². The van der Waals surface area contributed by atoms with E-state index in [1.807, 2.05) is 42.5 Å². The van der Waals surface area contributed by atoms with Gasteiger partial charge in [-0.2, -0.15) is 0 Å². The number of nitrogens with zero attached hydrogens (tertiary/aromatic N) is 1. The minimum atomic E-state index is -1.28. The van der Waals surface area contributed by atoms with Crippen molar-refractivity contribution in [1.82, 2.24) is 5.32 Å². The number of rotatable bonds is 11. The summed E-state index contributed by atoms with van der Waals surface area (Å²) >= 11 is 0. The van der Waals surface area contributed by atoms with Crippen molar-refractivity contribution < 1.29 is 28.2 Å². The number of carbonyl (C=O) groups is 1. The zero-order chi connectivity index (χ0) is 26.1. The third-order valence-electron chi connectivity index (χ3n) is 5.87. The minimum absolute atomic E-state index is 0.00627. The summed E-state index contributed by atoms with van der Waals surface area (Å²) in [7, 11) is 0. The second-order valence-corrected chi connectivity index (χ2v) is 8.62. The minimum Gasteiger partial charge on any atom is -0.494 e. The molecule has 1 heterocycles. The SMILES string of the molecule is O=C(NCc1cc(F)ccc1F)[C@@]1(C/C=C/c2ccccc2)COC(c2ccc(OCCCO)cc2)=N1. The number of ether oxygens (including phenoxy) is 2. The maximum Gasteiger partial charge on any atom is 0.252 e. The van der Waals surface area contributed by atoms with Crippen LogP contribution in [-0.2, 0) is 16.1 Å². The summed E-state index contributed by atoms with van der Waals surface area (Å²) in [6, 6.07) is 19.9. The molecule has 6 nitrogen and oxygen atoms in total. The zero-order valence-corrected chi connectivity index (χ0v) is 20.2. The highest BCUT2D eigenvalue weighted by molar-refractivity contribution is 6.00. The summed E-state index contributed by atoms with van der Waals surface area (Å²) in [5, 5.41) is 11.6. The van der Waals surface area contributed by atoms with Crippen LogP contribution in [-0.4, -0.2) is 42.3 Å². The summed E-state index contributed by atoms with van der Waals surface area (Å²) in [6.45, 7) is 0.263. The van der Waals surface area contributed by atoms with Gasteiger partial charge in [-0.25, -0.2) is 13.8 Å². The molecule has 0 spiro atoms. The number of amides is 1. The molecular weight excluding hydrogens is 478 g/mol. The average molecular weight is 507 g/mol. The maximum absolute atomic E-state index is 14.1. The number of carbonyl (C=O) groups excluding carboxylic acids is 1. The van der Waals surface area contributed by atoms with Crippen molar-refractivity contribution in [2.75, 3.05) is 19.8 Å². The molecule has 192 valence electrons. The van der Waals surface area contributed by atoms with Crippen molar-refractivity contribution in [1.29, 1.82) is 0 Å². The fourth-order valence-corrected chi connectivity index (χ4v) is 3.83. The molecule has 2 N–H and O–H groups in total. The Hall–Kier alpha value is -4.04. The number of nitrogens with one attached hydrogen (secondary N) is 1. The van der Waals surface area contributed by atoms with Crippen LogP contribution in [0.2, 0.25) is 0 Å². The number of aliphatic hydroxyl groups excluding tert-OH is 1. The summed E-state index contributed by atoms with van der Waals surface area (Å²) < 4.78 is 39.1. The second-order valence-electron chi connectivity index (χ2n) is 8.62. The molecule has 0 aliphatic carbocycles. The Balaban J connectivity index is 1.54. The van der Waals surface area contributed by atoms with Crippen LogP contribution in [0.15, 0.2) is 83.9 Å². The van der Waals surface area contributed by atoms with Crippen LogP contribution in [0.5, 0.6) is 5.75 Å². The predicted molar refractivity (Wildman–Crippen MR) is 137 cm³/mol. The molecule has 0 bridgehead atoms. The van der Waals surface area contributed by atoms with Crippen molar-refractivity contribution >= 4 is 17.9 Å². The van der Waals surface area contributed by atoms with Gasteiger partial charge >= 0.3 is 0 Å². The lowest BCUT2D eigenvalue weighted by Gasteiger charge is -2.21. The van der Waals surface area contributed by atoms with Gasteiger partial charge < -0.3 is 19.9 Å². The molecule has 1 atom stereocenters.